The summed E-state index contributed by atoms with van der Waals surface area (Å²) in [6.07, 6.45) is 3.23. The number of phenolic OH excluding ortho intramolecular Hbond substituents is 1. The Kier molecular flexibility index (Phi) is 5.04. The van der Waals surface area contributed by atoms with E-state index in [0.29, 0.717) is 39.3 Å². The maximum atomic E-state index is 13.7. The fourth-order valence-electron chi connectivity index (χ4n) is 5.70. The van der Waals surface area contributed by atoms with E-state index >= 15 is 0 Å². The molecule has 2 aromatic carbocycles. The van der Waals surface area contributed by atoms with Crippen molar-refractivity contribution in [3.8, 4) is 17.2 Å². The lowest BCUT2D eigenvalue weighted by Gasteiger charge is -2.39. The van der Waals surface area contributed by atoms with E-state index in [1.807, 2.05) is 6.08 Å². The Balaban J connectivity index is 1.59. The summed E-state index contributed by atoms with van der Waals surface area (Å²) in [5.74, 6) is -1.00. The van der Waals surface area contributed by atoms with E-state index in [2.05, 4.69) is 0 Å². The molecule has 0 fully saturated rings. The van der Waals surface area contributed by atoms with Crippen LogP contribution in [0, 0.1) is 0 Å². The highest BCUT2D eigenvalue weighted by atomic mass is 16.5. The molecule has 6 rings (SSSR count). The van der Waals surface area contributed by atoms with Crippen LogP contribution in [0.15, 0.2) is 92.6 Å². The van der Waals surface area contributed by atoms with E-state index in [1.165, 1.54) is 28.6 Å². The van der Waals surface area contributed by atoms with Crippen LogP contribution in [0.1, 0.15) is 30.9 Å². The zero-order valence-electron chi connectivity index (χ0n) is 20.2. The molecule has 0 radical (unpaired) electrons. The first kappa shape index (κ1) is 22.8. The molecule has 3 aliphatic rings. The first-order valence-corrected chi connectivity index (χ1v) is 11.9. The lowest BCUT2D eigenvalue weighted by molar-refractivity contribution is -0.116. The van der Waals surface area contributed by atoms with E-state index < -0.39 is 23.3 Å². The SMILES string of the molecule is COc1ccc([C@H]2C3=CCn4c(=O)n(-c5ccccc5)c(=O)n4[C@@H]3CC3=C2C(=O)C=C(C)C3=O)c(O)c1. The summed E-state index contributed by atoms with van der Waals surface area (Å²) >= 11 is 0. The summed E-state index contributed by atoms with van der Waals surface area (Å²) in [6, 6.07) is 12.7. The number of benzene rings is 2. The second-order valence-corrected chi connectivity index (χ2v) is 9.36. The number of methoxy groups -OCH3 is 1. The Hall–Kier alpha value is -4.66. The molecular formula is C28H23N3O6. The summed E-state index contributed by atoms with van der Waals surface area (Å²) in [5, 5.41) is 10.9. The average molecular weight is 498 g/mol. The molecule has 9 nitrogen and oxygen atoms in total. The largest absolute Gasteiger partial charge is 0.507 e. The van der Waals surface area contributed by atoms with Gasteiger partial charge in [0.25, 0.3) is 0 Å². The number of fused-ring (bicyclic) bond motifs is 3. The van der Waals surface area contributed by atoms with Crippen LogP contribution >= 0.6 is 0 Å². The average Bonchev–Trinajstić information content (AvgIpc) is 3.16. The van der Waals surface area contributed by atoms with Gasteiger partial charge in [0, 0.05) is 40.7 Å². The maximum Gasteiger partial charge on any atom is 0.352 e. The molecule has 1 aromatic heterocycles. The molecule has 0 saturated carbocycles. The number of nitrogens with zero attached hydrogens (tertiary/aromatic N) is 3. The minimum atomic E-state index is -0.767. The van der Waals surface area contributed by atoms with Crippen molar-refractivity contribution in [1.82, 2.24) is 13.9 Å². The fourth-order valence-corrected chi connectivity index (χ4v) is 5.70. The van der Waals surface area contributed by atoms with Gasteiger partial charge in [-0.1, -0.05) is 30.3 Å². The van der Waals surface area contributed by atoms with Gasteiger partial charge in [-0.3, -0.25) is 9.59 Å². The minimum absolute atomic E-state index is 0.0858. The molecule has 2 heterocycles. The Morgan fingerprint density at radius 3 is 2.46 bits per heavy atom. The predicted octanol–water partition coefficient (Wildman–Crippen LogP) is 2.58. The van der Waals surface area contributed by atoms with Crippen LogP contribution < -0.4 is 16.1 Å². The predicted molar refractivity (Wildman–Crippen MR) is 134 cm³/mol. The summed E-state index contributed by atoms with van der Waals surface area (Å²) < 4.78 is 9.07. The number of ketones is 2. The van der Waals surface area contributed by atoms with Gasteiger partial charge in [0.2, 0.25) is 0 Å². The lowest BCUT2D eigenvalue weighted by atomic mass is 9.68. The number of carbonyl (C=O) groups is 2. The molecule has 186 valence electrons. The molecule has 1 N–H and O–H groups in total. The molecule has 0 spiro atoms. The van der Waals surface area contributed by atoms with Gasteiger partial charge >= 0.3 is 11.4 Å². The van der Waals surface area contributed by atoms with Crippen LogP contribution in [0.2, 0.25) is 0 Å². The van der Waals surface area contributed by atoms with Gasteiger partial charge in [-0.2, -0.15) is 0 Å². The van der Waals surface area contributed by atoms with Crippen molar-refractivity contribution in [3.05, 3.63) is 110 Å². The third kappa shape index (κ3) is 3.23. The smallest absolute Gasteiger partial charge is 0.352 e. The summed E-state index contributed by atoms with van der Waals surface area (Å²) in [7, 11) is 1.48. The molecule has 2 aliphatic carbocycles. The zero-order chi connectivity index (χ0) is 26.0. The van der Waals surface area contributed by atoms with Crippen molar-refractivity contribution in [3.63, 3.8) is 0 Å². The molecule has 1 aliphatic heterocycles. The van der Waals surface area contributed by atoms with Crippen LogP contribution in [0.5, 0.6) is 11.5 Å². The van der Waals surface area contributed by atoms with Crippen LogP contribution in [-0.4, -0.2) is 37.7 Å². The van der Waals surface area contributed by atoms with Gasteiger partial charge in [0.05, 0.1) is 25.4 Å². The second-order valence-electron chi connectivity index (χ2n) is 9.36. The molecular weight excluding hydrogens is 474 g/mol. The van der Waals surface area contributed by atoms with Gasteiger partial charge in [0.15, 0.2) is 11.6 Å². The molecule has 2 atom stereocenters. The molecule has 9 heteroatoms. The number of ether oxygens (including phenoxy) is 1. The monoisotopic (exact) mass is 497 g/mol. The first-order chi connectivity index (χ1) is 17.8. The van der Waals surface area contributed by atoms with Crippen LogP contribution in [-0.2, 0) is 16.1 Å². The quantitative estimate of drug-likeness (QED) is 0.440. The number of allylic oxidation sites excluding steroid dienone is 6. The minimum Gasteiger partial charge on any atom is -0.507 e. The summed E-state index contributed by atoms with van der Waals surface area (Å²) in [5.41, 5.74) is 1.43. The number of aromatic hydroxyl groups is 1. The van der Waals surface area contributed by atoms with Gasteiger partial charge in [-0.15, -0.1) is 0 Å². The van der Waals surface area contributed by atoms with Crippen LogP contribution in [0.25, 0.3) is 5.69 Å². The van der Waals surface area contributed by atoms with E-state index in [-0.39, 0.29) is 30.3 Å². The number of hydrogen-bond donors (Lipinski definition) is 1. The second kappa shape index (κ2) is 8.19. The van der Waals surface area contributed by atoms with Gasteiger partial charge in [0.1, 0.15) is 11.5 Å². The Bertz CT molecular complexity index is 1710. The van der Waals surface area contributed by atoms with E-state index in [1.54, 1.807) is 49.4 Å². The number of para-hydroxylation sites is 1. The standard InChI is InChI=1S/C28H23N3O6/c1-15-12-23(33)25-20(26(15)34)14-21-18(24(25)19-9-8-17(37-2)13-22(19)32)10-11-29-27(35)30(28(36)31(21)29)16-6-4-3-5-7-16/h3-10,12-13,21,24,32H,11,14H2,1-2H3/t21-,24-/m1/s1. The van der Waals surface area contributed by atoms with Crippen molar-refractivity contribution in [2.24, 2.45) is 0 Å². The normalized spacial score (nSPS) is 20.6. The number of phenols is 1. The topological polar surface area (TPSA) is 113 Å². The zero-order valence-corrected chi connectivity index (χ0v) is 20.2. The van der Waals surface area contributed by atoms with Crippen molar-refractivity contribution in [2.45, 2.75) is 31.8 Å². The number of carbonyl (C=O) groups excluding carboxylic acids is 2. The molecule has 37 heavy (non-hydrogen) atoms. The van der Waals surface area contributed by atoms with E-state index in [4.69, 9.17) is 4.74 Å². The van der Waals surface area contributed by atoms with Crippen LogP contribution in [0.3, 0.4) is 0 Å². The number of hydrogen-bond acceptors (Lipinski definition) is 6. The lowest BCUT2D eigenvalue weighted by Crippen LogP contribution is -2.40. The molecule has 0 bridgehead atoms. The van der Waals surface area contributed by atoms with Crippen molar-refractivity contribution in [2.75, 3.05) is 7.11 Å². The Morgan fingerprint density at radius 2 is 1.76 bits per heavy atom. The van der Waals surface area contributed by atoms with Gasteiger partial charge < -0.3 is 9.84 Å². The maximum absolute atomic E-state index is 13.7. The van der Waals surface area contributed by atoms with Crippen molar-refractivity contribution < 1.29 is 19.4 Å². The molecule has 0 unspecified atom stereocenters. The highest BCUT2D eigenvalue weighted by Crippen LogP contribution is 2.51. The van der Waals surface area contributed by atoms with E-state index in [9.17, 15) is 24.3 Å². The summed E-state index contributed by atoms with van der Waals surface area (Å²) in [6.45, 7) is 1.69. The summed E-state index contributed by atoms with van der Waals surface area (Å²) in [4.78, 5) is 53.6. The molecule has 0 saturated heterocycles. The van der Waals surface area contributed by atoms with Gasteiger partial charge in [-0.05, 0) is 36.8 Å². The number of aromatic nitrogens is 3. The Labute approximate surface area is 210 Å². The molecule has 3 aromatic rings. The van der Waals surface area contributed by atoms with Crippen LogP contribution in [0.4, 0.5) is 0 Å². The number of rotatable bonds is 3. The van der Waals surface area contributed by atoms with Gasteiger partial charge in [-0.25, -0.2) is 23.5 Å². The Morgan fingerprint density at radius 1 is 1.00 bits per heavy atom. The highest BCUT2D eigenvalue weighted by molar-refractivity contribution is 6.23. The highest BCUT2D eigenvalue weighted by Gasteiger charge is 2.45. The third-order valence-electron chi connectivity index (χ3n) is 7.39. The van der Waals surface area contributed by atoms with E-state index in [0.717, 1.165) is 4.57 Å². The number of Topliss-reactive ketones (excluding diaryl/α,β-unsaturated/α-hetero) is 1. The van der Waals surface area contributed by atoms with Crippen molar-refractivity contribution in [1.29, 1.82) is 0 Å². The third-order valence-corrected chi connectivity index (χ3v) is 7.39. The first-order valence-electron chi connectivity index (χ1n) is 11.9. The van der Waals surface area contributed by atoms with Crippen molar-refractivity contribution >= 4 is 11.6 Å². The molecule has 0 amide bonds. The fraction of sp³-hybridized carbons (Fsp3) is 0.214.